The van der Waals surface area contributed by atoms with Crippen molar-refractivity contribution in [2.45, 2.75) is 13.3 Å². The molecule has 134 valence electrons. The molecular formula is C20H26ClN3O. The molecule has 0 aliphatic carbocycles. The average Bonchev–Trinajstić information content (AvgIpc) is 2.98. The second-order valence-corrected chi connectivity index (χ2v) is 6.97. The lowest BCUT2D eigenvalue weighted by Crippen LogP contribution is -2.35. The van der Waals surface area contributed by atoms with E-state index in [2.05, 4.69) is 29.3 Å². The lowest BCUT2D eigenvalue weighted by Gasteiger charge is -2.22. The minimum atomic E-state index is 0. The number of amides is 1. The van der Waals surface area contributed by atoms with Crippen molar-refractivity contribution in [1.29, 1.82) is 0 Å². The Balaban J connectivity index is 0.00000225. The molecule has 1 saturated heterocycles. The summed E-state index contributed by atoms with van der Waals surface area (Å²) in [7, 11) is 0. The number of nitrogens with two attached hydrogens (primary N) is 1. The van der Waals surface area contributed by atoms with Crippen LogP contribution in [-0.4, -0.2) is 37.0 Å². The molecular weight excluding hydrogens is 334 g/mol. The summed E-state index contributed by atoms with van der Waals surface area (Å²) in [4.78, 5) is 14.4. The van der Waals surface area contributed by atoms with Crippen molar-refractivity contribution >= 4 is 24.0 Å². The first-order valence-corrected chi connectivity index (χ1v) is 8.46. The van der Waals surface area contributed by atoms with E-state index in [1.54, 1.807) is 0 Å². The van der Waals surface area contributed by atoms with Crippen LogP contribution in [0.25, 0.3) is 11.1 Å². The van der Waals surface area contributed by atoms with Crippen molar-refractivity contribution in [3.63, 3.8) is 0 Å². The summed E-state index contributed by atoms with van der Waals surface area (Å²) in [6, 6.07) is 18.2. The Morgan fingerprint density at radius 2 is 1.76 bits per heavy atom. The Kier molecular flexibility index (Phi) is 6.59. The molecule has 5 heteroatoms. The topological polar surface area (TPSA) is 58.4 Å². The standard InChI is InChI=1S/C20H25N3O.ClH/c1-20(14-21)11-12-23(15-20)13-19(24)22-18-9-7-17(8-10-18)16-5-3-2-4-6-16;/h2-10H,11-15,21H2,1H3,(H,22,24);1H. The number of likely N-dealkylation sites (tertiary alicyclic amines) is 1. The smallest absolute Gasteiger partial charge is 0.238 e. The van der Waals surface area contributed by atoms with Gasteiger partial charge in [-0.15, -0.1) is 12.4 Å². The molecule has 1 atom stereocenters. The van der Waals surface area contributed by atoms with Crippen LogP contribution in [0.15, 0.2) is 54.6 Å². The maximum absolute atomic E-state index is 12.2. The van der Waals surface area contributed by atoms with Gasteiger partial charge >= 0.3 is 0 Å². The molecule has 0 bridgehead atoms. The third-order valence-electron chi connectivity index (χ3n) is 4.77. The van der Waals surface area contributed by atoms with Crippen LogP contribution < -0.4 is 11.1 Å². The zero-order chi connectivity index (χ0) is 17.0. The number of carbonyl (C=O) groups is 1. The van der Waals surface area contributed by atoms with E-state index in [1.807, 2.05) is 42.5 Å². The van der Waals surface area contributed by atoms with Crippen molar-refractivity contribution in [2.75, 3.05) is 31.5 Å². The summed E-state index contributed by atoms with van der Waals surface area (Å²) in [5.41, 5.74) is 9.12. The Bertz CT molecular complexity index is 690. The maximum Gasteiger partial charge on any atom is 0.238 e. The number of rotatable bonds is 5. The van der Waals surface area contributed by atoms with Gasteiger partial charge in [-0.05, 0) is 48.2 Å². The molecule has 3 rings (SSSR count). The van der Waals surface area contributed by atoms with Gasteiger partial charge in [0.05, 0.1) is 6.54 Å². The van der Waals surface area contributed by atoms with Crippen LogP contribution in [0.3, 0.4) is 0 Å². The minimum Gasteiger partial charge on any atom is -0.330 e. The molecule has 3 N–H and O–H groups in total. The second-order valence-electron chi connectivity index (χ2n) is 6.97. The number of hydrogen-bond acceptors (Lipinski definition) is 3. The Hall–Kier alpha value is -1.88. The number of carbonyl (C=O) groups excluding carboxylic acids is 1. The van der Waals surface area contributed by atoms with Gasteiger partial charge in [0.1, 0.15) is 0 Å². The van der Waals surface area contributed by atoms with Gasteiger partial charge in [-0.1, -0.05) is 49.4 Å². The van der Waals surface area contributed by atoms with Crippen molar-refractivity contribution in [3.05, 3.63) is 54.6 Å². The number of benzene rings is 2. The molecule has 2 aromatic rings. The highest BCUT2D eigenvalue weighted by Gasteiger charge is 2.33. The van der Waals surface area contributed by atoms with E-state index in [4.69, 9.17) is 5.73 Å². The summed E-state index contributed by atoms with van der Waals surface area (Å²) in [6.45, 7) is 5.12. The highest BCUT2D eigenvalue weighted by atomic mass is 35.5. The third-order valence-corrected chi connectivity index (χ3v) is 4.77. The van der Waals surface area contributed by atoms with Gasteiger partial charge in [-0.2, -0.15) is 0 Å². The van der Waals surface area contributed by atoms with E-state index in [-0.39, 0.29) is 23.7 Å². The highest BCUT2D eigenvalue weighted by Crippen LogP contribution is 2.28. The van der Waals surface area contributed by atoms with Gasteiger partial charge in [0.25, 0.3) is 0 Å². The number of halogens is 1. The molecule has 0 aromatic heterocycles. The molecule has 4 nitrogen and oxygen atoms in total. The lowest BCUT2D eigenvalue weighted by atomic mass is 9.90. The predicted molar refractivity (Wildman–Crippen MR) is 106 cm³/mol. The van der Waals surface area contributed by atoms with Crippen molar-refractivity contribution in [3.8, 4) is 11.1 Å². The molecule has 0 spiro atoms. The second kappa shape index (κ2) is 8.48. The van der Waals surface area contributed by atoms with Gasteiger partial charge < -0.3 is 11.1 Å². The molecule has 25 heavy (non-hydrogen) atoms. The number of anilines is 1. The molecule has 1 amide bonds. The van der Waals surface area contributed by atoms with Crippen LogP contribution in [0.1, 0.15) is 13.3 Å². The monoisotopic (exact) mass is 359 g/mol. The van der Waals surface area contributed by atoms with Gasteiger partial charge in [-0.3, -0.25) is 9.69 Å². The first-order valence-electron chi connectivity index (χ1n) is 8.46. The van der Waals surface area contributed by atoms with Gasteiger partial charge in [0.15, 0.2) is 0 Å². The van der Waals surface area contributed by atoms with Gasteiger partial charge in [0, 0.05) is 12.2 Å². The summed E-state index contributed by atoms with van der Waals surface area (Å²) in [5, 5.41) is 2.98. The Morgan fingerprint density at radius 1 is 1.12 bits per heavy atom. The molecule has 0 radical (unpaired) electrons. The summed E-state index contributed by atoms with van der Waals surface area (Å²) < 4.78 is 0. The third kappa shape index (κ3) is 5.05. The highest BCUT2D eigenvalue weighted by molar-refractivity contribution is 5.92. The van der Waals surface area contributed by atoms with Crippen molar-refractivity contribution in [2.24, 2.45) is 11.1 Å². The fourth-order valence-electron chi connectivity index (χ4n) is 3.21. The SMILES string of the molecule is CC1(CN)CCN(CC(=O)Nc2ccc(-c3ccccc3)cc2)C1.Cl. The van der Waals surface area contributed by atoms with E-state index in [0.29, 0.717) is 13.1 Å². The zero-order valence-electron chi connectivity index (χ0n) is 14.6. The van der Waals surface area contributed by atoms with Crippen LogP contribution in [0.2, 0.25) is 0 Å². The van der Waals surface area contributed by atoms with Crippen LogP contribution in [0.4, 0.5) is 5.69 Å². The molecule has 1 aliphatic rings. The molecule has 1 unspecified atom stereocenters. The van der Waals surface area contributed by atoms with Crippen molar-refractivity contribution < 1.29 is 4.79 Å². The normalized spacial score (nSPS) is 20.1. The van der Waals surface area contributed by atoms with E-state index in [1.165, 1.54) is 5.56 Å². The molecule has 0 saturated carbocycles. The van der Waals surface area contributed by atoms with Crippen LogP contribution >= 0.6 is 12.4 Å². The number of nitrogens with zero attached hydrogens (tertiary/aromatic N) is 1. The van der Waals surface area contributed by atoms with Crippen molar-refractivity contribution in [1.82, 2.24) is 4.90 Å². The van der Waals surface area contributed by atoms with E-state index in [9.17, 15) is 4.79 Å². The predicted octanol–water partition coefficient (Wildman–Crippen LogP) is 3.38. The van der Waals surface area contributed by atoms with Crippen LogP contribution in [0, 0.1) is 5.41 Å². The molecule has 1 aliphatic heterocycles. The fraction of sp³-hybridized carbons (Fsp3) is 0.350. The van der Waals surface area contributed by atoms with Crippen LogP contribution in [0.5, 0.6) is 0 Å². The molecule has 1 heterocycles. The molecule has 2 aromatic carbocycles. The number of hydrogen-bond donors (Lipinski definition) is 2. The zero-order valence-corrected chi connectivity index (χ0v) is 15.4. The van der Waals surface area contributed by atoms with Gasteiger partial charge in [-0.25, -0.2) is 0 Å². The van der Waals surface area contributed by atoms with E-state index in [0.717, 1.165) is 30.8 Å². The largest absolute Gasteiger partial charge is 0.330 e. The minimum absolute atomic E-state index is 0. The Labute approximate surface area is 155 Å². The quantitative estimate of drug-likeness (QED) is 0.860. The lowest BCUT2D eigenvalue weighted by molar-refractivity contribution is -0.117. The number of nitrogens with one attached hydrogen (secondary N) is 1. The molecule has 1 fully saturated rings. The average molecular weight is 360 g/mol. The first-order chi connectivity index (χ1) is 11.6. The van der Waals surface area contributed by atoms with E-state index >= 15 is 0 Å². The fourth-order valence-corrected chi connectivity index (χ4v) is 3.21. The maximum atomic E-state index is 12.2. The first kappa shape index (κ1) is 19.4. The van der Waals surface area contributed by atoms with E-state index < -0.39 is 0 Å². The summed E-state index contributed by atoms with van der Waals surface area (Å²) in [5.74, 6) is 0.0312. The summed E-state index contributed by atoms with van der Waals surface area (Å²) >= 11 is 0. The van der Waals surface area contributed by atoms with Gasteiger partial charge in [0.2, 0.25) is 5.91 Å². The Morgan fingerprint density at radius 3 is 2.36 bits per heavy atom. The van der Waals surface area contributed by atoms with Crippen LogP contribution in [-0.2, 0) is 4.79 Å². The summed E-state index contributed by atoms with van der Waals surface area (Å²) in [6.07, 6.45) is 1.06.